The molecule has 0 radical (unpaired) electrons. The number of nitrogens with one attached hydrogen (secondary N) is 1. The SMILES string of the molecule is C=CCCC(=O)OC[C@H](NC(=O)[C@@H]1[C@H]2C(=O)N([C@@H](CO)Cc3ccccc3)[C@H](C(=O)N(CC=C)Cn3nnc4ccccc43)[C@]23CC[C@H]1O3)c1ccccc1. The number of carbonyl (C=O) groups excluding carboxylic acids is 4. The molecule has 2 bridgehead atoms. The zero-order valence-electron chi connectivity index (χ0n) is 30.6. The molecule has 2 N–H and O–H groups in total. The molecule has 0 saturated carbocycles. The summed E-state index contributed by atoms with van der Waals surface area (Å²) in [4.78, 5) is 60.1. The number of para-hydroxylation sites is 1. The lowest BCUT2D eigenvalue weighted by Gasteiger charge is -2.39. The van der Waals surface area contributed by atoms with E-state index in [0.29, 0.717) is 24.8 Å². The van der Waals surface area contributed by atoms with E-state index in [1.165, 1.54) is 4.90 Å². The van der Waals surface area contributed by atoms with Gasteiger partial charge in [-0.05, 0) is 48.9 Å². The van der Waals surface area contributed by atoms with E-state index in [9.17, 15) is 19.5 Å². The molecule has 4 aromatic rings. The zero-order chi connectivity index (χ0) is 38.5. The average Bonchev–Trinajstić information content (AvgIpc) is 3.97. The average molecular weight is 747 g/mol. The summed E-state index contributed by atoms with van der Waals surface area (Å²) in [5.41, 5.74) is 1.66. The van der Waals surface area contributed by atoms with Crippen molar-refractivity contribution in [3.05, 3.63) is 121 Å². The van der Waals surface area contributed by atoms with Crippen molar-refractivity contribution in [1.29, 1.82) is 0 Å². The summed E-state index contributed by atoms with van der Waals surface area (Å²) >= 11 is 0. The molecule has 0 aliphatic carbocycles. The highest BCUT2D eigenvalue weighted by Crippen LogP contribution is 2.59. The minimum absolute atomic E-state index is 0.0186. The summed E-state index contributed by atoms with van der Waals surface area (Å²) in [5.74, 6) is -3.63. The van der Waals surface area contributed by atoms with Gasteiger partial charge in [-0.25, -0.2) is 4.68 Å². The standard InChI is InChI=1S/C42H46N6O7/c1-3-5-20-35(50)54-26-32(29-16-10-7-11-17-29)43-39(51)36-34-21-22-42(55-34)37(36)40(52)48(30(25-49)24-28-14-8-6-9-15-28)38(42)41(53)46(23-4-2)27-47-33-19-13-12-18-31(33)44-45-47/h3-4,6-19,30,32,34,36-38,49H,1-2,5,20-27H2,(H,43,51)/t30-,32+,34-,36+,37+,38-,42+/m1/s1. The number of nitrogens with zero attached hydrogens (tertiary/aromatic N) is 5. The highest BCUT2D eigenvalue weighted by Gasteiger charge is 2.75. The molecule has 55 heavy (non-hydrogen) atoms. The number of rotatable bonds is 17. The summed E-state index contributed by atoms with van der Waals surface area (Å²) in [7, 11) is 0. The number of ether oxygens (including phenoxy) is 2. The van der Waals surface area contributed by atoms with Gasteiger partial charge in [-0.1, -0.05) is 90.2 Å². The number of aliphatic hydroxyl groups excluding tert-OH is 1. The Morgan fingerprint density at radius 2 is 1.76 bits per heavy atom. The Balaban J connectivity index is 1.23. The van der Waals surface area contributed by atoms with Gasteiger partial charge in [0.25, 0.3) is 0 Å². The number of amides is 3. The molecule has 3 saturated heterocycles. The summed E-state index contributed by atoms with van der Waals surface area (Å²) < 4.78 is 13.9. The Hall–Kier alpha value is -5.66. The number of hydrogen-bond acceptors (Lipinski definition) is 9. The van der Waals surface area contributed by atoms with Crippen molar-refractivity contribution in [2.75, 3.05) is 19.8 Å². The van der Waals surface area contributed by atoms with Gasteiger partial charge in [0.1, 0.15) is 30.4 Å². The molecular weight excluding hydrogens is 700 g/mol. The number of hydrogen-bond donors (Lipinski definition) is 2. The number of benzene rings is 3. The van der Waals surface area contributed by atoms with Crippen LogP contribution in [0.3, 0.4) is 0 Å². The van der Waals surface area contributed by atoms with Gasteiger partial charge in [0.05, 0.1) is 42.1 Å². The molecule has 1 aromatic heterocycles. The van der Waals surface area contributed by atoms with Crippen molar-refractivity contribution in [1.82, 2.24) is 30.1 Å². The summed E-state index contributed by atoms with van der Waals surface area (Å²) in [6, 6.07) is 23.4. The van der Waals surface area contributed by atoms with Gasteiger partial charge in [0, 0.05) is 13.0 Å². The topological polar surface area (TPSA) is 156 Å². The zero-order valence-corrected chi connectivity index (χ0v) is 30.6. The summed E-state index contributed by atoms with van der Waals surface area (Å²) in [6.45, 7) is 7.18. The maximum Gasteiger partial charge on any atom is 0.306 e. The van der Waals surface area contributed by atoms with Crippen molar-refractivity contribution < 1.29 is 33.8 Å². The highest BCUT2D eigenvalue weighted by atomic mass is 16.5. The molecule has 13 nitrogen and oxygen atoms in total. The van der Waals surface area contributed by atoms with Gasteiger partial charge in [0.15, 0.2) is 0 Å². The summed E-state index contributed by atoms with van der Waals surface area (Å²) in [5, 5.41) is 22.5. The van der Waals surface area contributed by atoms with Gasteiger partial charge in [-0.3, -0.25) is 19.2 Å². The van der Waals surface area contributed by atoms with Crippen LogP contribution in [0.15, 0.2) is 110 Å². The Kier molecular flexibility index (Phi) is 11.2. The molecule has 286 valence electrons. The first kappa shape index (κ1) is 37.6. The highest BCUT2D eigenvalue weighted by molar-refractivity contribution is 5.99. The molecule has 1 spiro atoms. The molecule has 7 rings (SSSR count). The summed E-state index contributed by atoms with van der Waals surface area (Å²) in [6.07, 6.45) is 4.32. The molecule has 7 atom stereocenters. The second kappa shape index (κ2) is 16.4. The molecule has 3 aliphatic heterocycles. The van der Waals surface area contributed by atoms with Crippen molar-refractivity contribution in [2.24, 2.45) is 11.8 Å². The van der Waals surface area contributed by atoms with E-state index >= 15 is 4.79 Å². The number of fused-ring (bicyclic) bond motifs is 2. The lowest BCUT2D eigenvalue weighted by atomic mass is 9.70. The van der Waals surface area contributed by atoms with Crippen LogP contribution >= 0.6 is 0 Å². The van der Waals surface area contributed by atoms with Gasteiger partial charge >= 0.3 is 5.97 Å². The maximum absolute atomic E-state index is 15.1. The predicted molar refractivity (Wildman–Crippen MR) is 203 cm³/mol. The Morgan fingerprint density at radius 3 is 2.49 bits per heavy atom. The fraction of sp³-hybridized carbons (Fsp3) is 0.381. The molecule has 3 aromatic carbocycles. The van der Waals surface area contributed by atoms with Crippen LogP contribution in [0.4, 0.5) is 0 Å². The normalized spacial score (nSPS) is 23.6. The number of esters is 1. The molecule has 13 heteroatoms. The Morgan fingerprint density at radius 1 is 1.04 bits per heavy atom. The first-order valence-corrected chi connectivity index (χ1v) is 18.7. The largest absolute Gasteiger partial charge is 0.463 e. The third-order valence-corrected chi connectivity index (χ3v) is 11.1. The fourth-order valence-electron chi connectivity index (χ4n) is 8.57. The van der Waals surface area contributed by atoms with Crippen LogP contribution in [0.5, 0.6) is 0 Å². The van der Waals surface area contributed by atoms with Crippen molar-refractivity contribution in [3.8, 4) is 0 Å². The number of aliphatic hydroxyl groups is 1. The lowest BCUT2D eigenvalue weighted by molar-refractivity contribution is -0.152. The lowest BCUT2D eigenvalue weighted by Crippen LogP contribution is -2.59. The van der Waals surface area contributed by atoms with Gasteiger partial charge in [-0.2, -0.15) is 0 Å². The molecule has 4 heterocycles. The van der Waals surface area contributed by atoms with E-state index in [0.717, 1.165) is 16.6 Å². The molecular formula is C42H46N6O7. The van der Waals surface area contributed by atoms with E-state index in [-0.39, 0.29) is 32.7 Å². The number of allylic oxidation sites excluding steroid dienone is 1. The number of carbonyl (C=O) groups is 4. The molecule has 3 amide bonds. The van der Waals surface area contributed by atoms with Crippen LogP contribution in [0.2, 0.25) is 0 Å². The van der Waals surface area contributed by atoms with E-state index < -0.39 is 72.0 Å². The first-order valence-electron chi connectivity index (χ1n) is 18.7. The monoisotopic (exact) mass is 746 g/mol. The molecule has 0 unspecified atom stereocenters. The van der Waals surface area contributed by atoms with Crippen LogP contribution in [0, 0.1) is 11.8 Å². The third kappa shape index (κ3) is 7.29. The molecule has 3 fully saturated rings. The van der Waals surface area contributed by atoms with E-state index in [2.05, 4.69) is 28.8 Å². The van der Waals surface area contributed by atoms with Gasteiger partial charge in [-0.15, -0.1) is 18.3 Å². The second-order valence-corrected chi connectivity index (χ2v) is 14.4. The van der Waals surface area contributed by atoms with Crippen LogP contribution < -0.4 is 5.32 Å². The third-order valence-electron chi connectivity index (χ3n) is 11.1. The van der Waals surface area contributed by atoms with E-state index in [1.54, 1.807) is 21.7 Å². The van der Waals surface area contributed by atoms with Crippen LogP contribution in [0.25, 0.3) is 11.0 Å². The van der Waals surface area contributed by atoms with Gasteiger partial charge in [0.2, 0.25) is 17.7 Å². The quantitative estimate of drug-likeness (QED) is 0.121. The van der Waals surface area contributed by atoms with Crippen LogP contribution in [0.1, 0.15) is 42.9 Å². The minimum Gasteiger partial charge on any atom is -0.463 e. The Bertz CT molecular complexity index is 2040. The van der Waals surface area contributed by atoms with Crippen molar-refractivity contribution in [2.45, 2.75) is 68.6 Å². The molecule has 3 aliphatic rings. The van der Waals surface area contributed by atoms with Crippen LogP contribution in [-0.2, 0) is 41.7 Å². The number of likely N-dealkylation sites (tertiary alicyclic amines) is 1. The number of aromatic nitrogens is 3. The van der Waals surface area contributed by atoms with Gasteiger partial charge < -0.3 is 29.7 Å². The van der Waals surface area contributed by atoms with Crippen molar-refractivity contribution >= 4 is 34.7 Å². The van der Waals surface area contributed by atoms with E-state index in [4.69, 9.17) is 9.47 Å². The minimum atomic E-state index is -1.34. The predicted octanol–water partition coefficient (Wildman–Crippen LogP) is 3.75. The van der Waals surface area contributed by atoms with Crippen LogP contribution in [-0.4, -0.2) is 97.1 Å². The Labute approximate surface area is 319 Å². The smallest absolute Gasteiger partial charge is 0.306 e. The first-order chi connectivity index (χ1) is 26.8. The maximum atomic E-state index is 15.1. The van der Waals surface area contributed by atoms with E-state index in [1.807, 2.05) is 84.9 Å². The van der Waals surface area contributed by atoms with Crippen molar-refractivity contribution in [3.63, 3.8) is 0 Å². The fourth-order valence-corrected chi connectivity index (χ4v) is 8.57. The second-order valence-electron chi connectivity index (χ2n) is 14.4.